The van der Waals surface area contributed by atoms with Crippen LogP contribution in [0.3, 0.4) is 0 Å². The highest BCUT2D eigenvalue weighted by Crippen LogP contribution is 2.27. The molecule has 0 heterocycles. The first-order valence-corrected chi connectivity index (χ1v) is 7.19. The average Bonchev–Trinajstić information content (AvgIpc) is 2.49. The number of halogens is 2. The SMILES string of the molecule is CCOc1ccc(C(=O)COc2cc(Cl)ccc2Cl)cc1. The summed E-state index contributed by atoms with van der Waals surface area (Å²) >= 11 is 11.8. The Morgan fingerprint density at radius 3 is 2.43 bits per heavy atom. The monoisotopic (exact) mass is 324 g/mol. The van der Waals surface area contributed by atoms with Gasteiger partial charge in [0.1, 0.15) is 11.5 Å². The Hall–Kier alpha value is -1.71. The van der Waals surface area contributed by atoms with E-state index < -0.39 is 0 Å². The molecule has 0 aliphatic heterocycles. The van der Waals surface area contributed by atoms with Crippen LogP contribution in [0.1, 0.15) is 17.3 Å². The zero-order chi connectivity index (χ0) is 15.2. The number of ketones is 1. The zero-order valence-electron chi connectivity index (χ0n) is 11.4. The summed E-state index contributed by atoms with van der Waals surface area (Å²) < 4.78 is 10.7. The van der Waals surface area contributed by atoms with Crippen molar-refractivity contribution in [2.45, 2.75) is 6.92 Å². The fraction of sp³-hybridized carbons (Fsp3) is 0.188. The highest BCUT2D eigenvalue weighted by molar-refractivity contribution is 6.34. The molecule has 3 nitrogen and oxygen atoms in total. The predicted molar refractivity (Wildman–Crippen MR) is 83.9 cm³/mol. The summed E-state index contributed by atoms with van der Waals surface area (Å²) in [4.78, 5) is 12.0. The Morgan fingerprint density at radius 1 is 1.05 bits per heavy atom. The zero-order valence-corrected chi connectivity index (χ0v) is 12.9. The quantitative estimate of drug-likeness (QED) is 0.725. The van der Waals surface area contributed by atoms with Gasteiger partial charge in [0, 0.05) is 16.7 Å². The molecular formula is C16H14Cl2O3. The number of carbonyl (C=O) groups excluding carboxylic acids is 1. The van der Waals surface area contributed by atoms with Crippen molar-refractivity contribution in [2.24, 2.45) is 0 Å². The Kier molecular flexibility index (Phi) is 5.48. The van der Waals surface area contributed by atoms with Crippen molar-refractivity contribution in [1.29, 1.82) is 0 Å². The van der Waals surface area contributed by atoms with E-state index in [4.69, 9.17) is 32.7 Å². The highest BCUT2D eigenvalue weighted by atomic mass is 35.5. The third-order valence-corrected chi connectivity index (χ3v) is 3.29. The van der Waals surface area contributed by atoms with Crippen LogP contribution in [-0.2, 0) is 0 Å². The summed E-state index contributed by atoms with van der Waals surface area (Å²) in [5.74, 6) is 0.977. The fourth-order valence-corrected chi connectivity index (χ4v) is 2.05. The first kappa shape index (κ1) is 15.7. The average molecular weight is 325 g/mol. The van der Waals surface area contributed by atoms with Gasteiger partial charge in [-0.1, -0.05) is 23.2 Å². The first-order chi connectivity index (χ1) is 10.1. The molecular weight excluding hydrogens is 311 g/mol. The molecule has 0 spiro atoms. The van der Waals surface area contributed by atoms with E-state index in [2.05, 4.69) is 0 Å². The van der Waals surface area contributed by atoms with Crippen LogP contribution in [0.4, 0.5) is 0 Å². The molecule has 0 N–H and O–H groups in total. The fourth-order valence-electron chi connectivity index (χ4n) is 1.72. The predicted octanol–water partition coefficient (Wildman–Crippen LogP) is 4.65. The Balaban J connectivity index is 1.99. The molecule has 5 heteroatoms. The van der Waals surface area contributed by atoms with Crippen molar-refractivity contribution >= 4 is 29.0 Å². The van der Waals surface area contributed by atoms with Crippen LogP contribution in [-0.4, -0.2) is 19.0 Å². The third kappa shape index (κ3) is 4.38. The molecule has 2 aromatic rings. The normalized spacial score (nSPS) is 10.2. The van der Waals surface area contributed by atoms with Crippen molar-refractivity contribution in [2.75, 3.05) is 13.2 Å². The molecule has 0 aromatic heterocycles. The number of ether oxygens (including phenoxy) is 2. The van der Waals surface area contributed by atoms with Crippen LogP contribution in [0.25, 0.3) is 0 Å². The summed E-state index contributed by atoms with van der Waals surface area (Å²) in [6.07, 6.45) is 0. The standard InChI is InChI=1S/C16H14Cl2O3/c1-2-20-13-6-3-11(4-7-13)15(19)10-21-16-9-12(17)5-8-14(16)18/h3-9H,2,10H2,1H3. The lowest BCUT2D eigenvalue weighted by molar-refractivity contribution is 0.0921. The Bertz CT molecular complexity index is 624. The largest absolute Gasteiger partial charge is 0.494 e. The van der Waals surface area contributed by atoms with Crippen molar-refractivity contribution in [3.8, 4) is 11.5 Å². The molecule has 0 saturated heterocycles. The summed E-state index contributed by atoms with van der Waals surface area (Å²) in [6.45, 7) is 2.39. The lowest BCUT2D eigenvalue weighted by Crippen LogP contribution is -2.11. The number of carbonyl (C=O) groups is 1. The summed E-state index contributed by atoms with van der Waals surface area (Å²) in [5, 5.41) is 0.918. The molecule has 0 fully saturated rings. The van der Waals surface area contributed by atoms with Crippen LogP contribution < -0.4 is 9.47 Å². The van der Waals surface area contributed by atoms with Gasteiger partial charge in [0.25, 0.3) is 0 Å². The maximum Gasteiger partial charge on any atom is 0.200 e. The molecule has 2 aromatic carbocycles. The third-order valence-electron chi connectivity index (χ3n) is 2.74. The van der Waals surface area contributed by atoms with Crippen molar-refractivity contribution in [3.63, 3.8) is 0 Å². The minimum atomic E-state index is -0.144. The molecule has 0 atom stereocenters. The van der Waals surface area contributed by atoms with E-state index in [9.17, 15) is 4.79 Å². The maximum atomic E-state index is 12.0. The lowest BCUT2D eigenvalue weighted by Gasteiger charge is -2.08. The number of hydrogen-bond acceptors (Lipinski definition) is 3. The second-order valence-corrected chi connectivity index (χ2v) is 5.09. The lowest BCUT2D eigenvalue weighted by atomic mass is 10.1. The number of Topliss-reactive ketones (excluding diaryl/α,β-unsaturated/α-hetero) is 1. The van der Waals surface area contributed by atoms with E-state index in [0.29, 0.717) is 28.0 Å². The second kappa shape index (κ2) is 7.34. The number of benzene rings is 2. The molecule has 0 unspecified atom stereocenters. The van der Waals surface area contributed by atoms with Gasteiger partial charge in [-0.05, 0) is 43.3 Å². The van der Waals surface area contributed by atoms with E-state index in [1.54, 1.807) is 42.5 Å². The molecule has 0 bridgehead atoms. The molecule has 21 heavy (non-hydrogen) atoms. The molecule has 0 saturated carbocycles. The molecule has 0 aliphatic rings. The first-order valence-electron chi connectivity index (χ1n) is 6.44. The number of rotatable bonds is 6. The van der Waals surface area contributed by atoms with Crippen molar-refractivity contribution in [3.05, 3.63) is 58.1 Å². The van der Waals surface area contributed by atoms with Crippen LogP contribution in [0.2, 0.25) is 10.0 Å². The summed E-state index contributed by atoms with van der Waals surface area (Å²) in [5.41, 5.74) is 0.552. The van der Waals surface area contributed by atoms with Gasteiger partial charge in [0.2, 0.25) is 0 Å². The Labute approximate surface area is 133 Å². The van der Waals surface area contributed by atoms with E-state index in [0.717, 1.165) is 5.75 Å². The van der Waals surface area contributed by atoms with E-state index in [1.165, 1.54) is 0 Å². The number of hydrogen-bond donors (Lipinski definition) is 0. The van der Waals surface area contributed by atoms with E-state index in [1.807, 2.05) is 6.92 Å². The van der Waals surface area contributed by atoms with Gasteiger partial charge in [-0.25, -0.2) is 0 Å². The highest BCUT2D eigenvalue weighted by Gasteiger charge is 2.09. The summed E-state index contributed by atoms with van der Waals surface area (Å²) in [6, 6.07) is 11.8. The van der Waals surface area contributed by atoms with Gasteiger partial charge in [0.15, 0.2) is 12.4 Å². The van der Waals surface area contributed by atoms with Crippen molar-refractivity contribution in [1.82, 2.24) is 0 Å². The maximum absolute atomic E-state index is 12.0. The topological polar surface area (TPSA) is 35.5 Å². The van der Waals surface area contributed by atoms with Crippen LogP contribution in [0, 0.1) is 0 Å². The van der Waals surface area contributed by atoms with Gasteiger partial charge in [-0.2, -0.15) is 0 Å². The molecule has 2 rings (SSSR count). The van der Waals surface area contributed by atoms with Gasteiger partial charge in [-0.3, -0.25) is 4.79 Å². The smallest absolute Gasteiger partial charge is 0.200 e. The minimum absolute atomic E-state index is 0.103. The molecule has 0 aliphatic carbocycles. The van der Waals surface area contributed by atoms with Crippen LogP contribution in [0.15, 0.2) is 42.5 Å². The van der Waals surface area contributed by atoms with Crippen molar-refractivity contribution < 1.29 is 14.3 Å². The van der Waals surface area contributed by atoms with Crippen LogP contribution >= 0.6 is 23.2 Å². The van der Waals surface area contributed by atoms with E-state index >= 15 is 0 Å². The van der Waals surface area contributed by atoms with Gasteiger partial charge in [0.05, 0.1) is 11.6 Å². The van der Waals surface area contributed by atoms with E-state index in [-0.39, 0.29) is 12.4 Å². The van der Waals surface area contributed by atoms with Crippen LogP contribution in [0.5, 0.6) is 11.5 Å². The minimum Gasteiger partial charge on any atom is -0.494 e. The summed E-state index contributed by atoms with van der Waals surface area (Å²) in [7, 11) is 0. The molecule has 0 amide bonds. The second-order valence-electron chi connectivity index (χ2n) is 4.24. The van der Waals surface area contributed by atoms with Gasteiger partial charge in [-0.15, -0.1) is 0 Å². The van der Waals surface area contributed by atoms with Gasteiger partial charge >= 0.3 is 0 Å². The van der Waals surface area contributed by atoms with Gasteiger partial charge < -0.3 is 9.47 Å². The Morgan fingerprint density at radius 2 is 1.76 bits per heavy atom. The molecule has 0 radical (unpaired) electrons. The molecule has 110 valence electrons.